The number of aromatic carboxylic acids is 1. The molecule has 31 heavy (non-hydrogen) atoms. The largest absolute Gasteiger partial charge is 0.493 e. The van der Waals surface area contributed by atoms with E-state index in [9.17, 15) is 9.90 Å². The monoisotopic (exact) mass is 413 g/mol. The molecule has 2 aromatic carbocycles. The number of benzene rings is 2. The zero-order valence-electron chi connectivity index (χ0n) is 17.2. The van der Waals surface area contributed by atoms with Crippen molar-refractivity contribution >= 4 is 11.6 Å². The predicted octanol–water partition coefficient (Wildman–Crippen LogP) is 4.71. The normalized spacial score (nSPS) is 14.9. The number of imidazole rings is 1. The lowest BCUT2D eigenvalue weighted by Crippen LogP contribution is -2.43. The highest BCUT2D eigenvalue weighted by Crippen LogP contribution is 2.40. The van der Waals surface area contributed by atoms with Crippen molar-refractivity contribution in [2.45, 2.75) is 24.8 Å². The molecule has 1 aliphatic rings. The molecular weight excluding hydrogens is 390 g/mol. The standard InChI is InChI=1S/C25H23N3O3/c1-31-20-14-18(24(29)30)15-28-22(17-6-3-2-4-7-17)21(27-23(20)28)16-8-10-19(11-9-16)25(26)12-5-13-25/h2-4,6-11,14-15H,5,12-13,26H2,1H3,(H,29,30). The van der Waals surface area contributed by atoms with E-state index in [-0.39, 0.29) is 11.1 Å². The number of aromatic nitrogens is 2. The fraction of sp³-hybridized carbons (Fsp3) is 0.200. The van der Waals surface area contributed by atoms with Gasteiger partial charge < -0.3 is 15.6 Å². The molecular formula is C25H23N3O3. The Morgan fingerprint density at radius 3 is 2.39 bits per heavy atom. The zero-order valence-corrected chi connectivity index (χ0v) is 17.2. The molecule has 0 unspecified atom stereocenters. The molecule has 3 N–H and O–H groups in total. The minimum Gasteiger partial charge on any atom is -0.493 e. The van der Waals surface area contributed by atoms with E-state index in [0.29, 0.717) is 11.4 Å². The molecule has 4 aromatic rings. The van der Waals surface area contributed by atoms with Crippen molar-refractivity contribution in [1.29, 1.82) is 0 Å². The number of carboxylic acid groups (broad SMARTS) is 1. The number of hydrogen-bond acceptors (Lipinski definition) is 4. The summed E-state index contributed by atoms with van der Waals surface area (Å²) in [5.74, 6) is -0.608. The van der Waals surface area contributed by atoms with Crippen molar-refractivity contribution in [1.82, 2.24) is 9.38 Å². The third kappa shape index (κ3) is 3.16. The van der Waals surface area contributed by atoms with Gasteiger partial charge in [0.15, 0.2) is 11.4 Å². The van der Waals surface area contributed by atoms with Crippen LogP contribution in [0.25, 0.3) is 28.2 Å². The molecule has 6 nitrogen and oxygen atoms in total. The molecule has 1 fully saturated rings. The first-order valence-corrected chi connectivity index (χ1v) is 10.3. The highest BCUT2D eigenvalue weighted by Gasteiger charge is 2.34. The molecule has 0 bridgehead atoms. The van der Waals surface area contributed by atoms with Crippen LogP contribution in [0.15, 0.2) is 66.9 Å². The minimum absolute atomic E-state index is 0.135. The topological polar surface area (TPSA) is 89.8 Å². The fourth-order valence-electron chi connectivity index (χ4n) is 4.26. The van der Waals surface area contributed by atoms with Gasteiger partial charge in [-0.25, -0.2) is 9.78 Å². The van der Waals surface area contributed by atoms with E-state index in [1.165, 1.54) is 13.2 Å². The highest BCUT2D eigenvalue weighted by atomic mass is 16.5. The van der Waals surface area contributed by atoms with Crippen LogP contribution in [0, 0.1) is 0 Å². The molecule has 0 aliphatic heterocycles. The van der Waals surface area contributed by atoms with Crippen LogP contribution >= 0.6 is 0 Å². The molecule has 1 aliphatic carbocycles. The molecule has 0 saturated heterocycles. The number of carboxylic acids is 1. The molecule has 2 aromatic heterocycles. The molecule has 156 valence electrons. The summed E-state index contributed by atoms with van der Waals surface area (Å²) >= 11 is 0. The van der Waals surface area contributed by atoms with E-state index in [2.05, 4.69) is 12.1 Å². The van der Waals surface area contributed by atoms with E-state index >= 15 is 0 Å². The van der Waals surface area contributed by atoms with Crippen molar-refractivity contribution < 1.29 is 14.6 Å². The third-order valence-electron chi connectivity index (χ3n) is 6.18. The predicted molar refractivity (Wildman–Crippen MR) is 119 cm³/mol. The van der Waals surface area contributed by atoms with Crippen LogP contribution < -0.4 is 10.5 Å². The molecule has 0 spiro atoms. The summed E-state index contributed by atoms with van der Waals surface area (Å²) in [6.45, 7) is 0. The quantitative estimate of drug-likeness (QED) is 0.494. The van der Waals surface area contributed by atoms with Crippen LogP contribution in [0.3, 0.4) is 0 Å². The Balaban J connectivity index is 1.75. The van der Waals surface area contributed by atoms with Crippen molar-refractivity contribution in [2.24, 2.45) is 5.73 Å². The van der Waals surface area contributed by atoms with Gasteiger partial charge in [-0.3, -0.25) is 4.40 Å². The molecule has 5 rings (SSSR count). The Morgan fingerprint density at radius 2 is 1.81 bits per heavy atom. The van der Waals surface area contributed by atoms with Gasteiger partial charge in [-0.15, -0.1) is 0 Å². The van der Waals surface area contributed by atoms with E-state index in [4.69, 9.17) is 15.5 Å². The van der Waals surface area contributed by atoms with E-state index < -0.39 is 5.97 Å². The number of nitrogens with two attached hydrogens (primary N) is 1. The number of methoxy groups -OCH3 is 1. The van der Waals surface area contributed by atoms with Crippen LogP contribution in [0.4, 0.5) is 0 Å². The zero-order chi connectivity index (χ0) is 21.6. The smallest absolute Gasteiger partial charge is 0.337 e. The molecule has 6 heteroatoms. The number of fused-ring (bicyclic) bond motifs is 1. The second-order valence-corrected chi connectivity index (χ2v) is 8.06. The van der Waals surface area contributed by atoms with Gasteiger partial charge in [0.2, 0.25) is 0 Å². The molecule has 2 heterocycles. The number of pyridine rings is 1. The van der Waals surface area contributed by atoms with Crippen LogP contribution in [0.2, 0.25) is 0 Å². The van der Waals surface area contributed by atoms with Crippen LogP contribution in [0.1, 0.15) is 35.2 Å². The lowest BCUT2D eigenvalue weighted by Gasteiger charge is -2.38. The Labute approximate surface area is 179 Å². The van der Waals surface area contributed by atoms with Crippen LogP contribution in [-0.4, -0.2) is 27.6 Å². The summed E-state index contributed by atoms with van der Waals surface area (Å²) in [7, 11) is 1.52. The summed E-state index contributed by atoms with van der Waals surface area (Å²) in [5, 5.41) is 9.58. The SMILES string of the molecule is COc1cc(C(=O)O)cn2c(-c3ccccc3)c(-c3ccc(C4(N)CCC4)cc3)nc12. The van der Waals surface area contributed by atoms with Crippen molar-refractivity contribution in [3.8, 4) is 28.3 Å². The lowest BCUT2D eigenvalue weighted by molar-refractivity contribution is 0.0696. The summed E-state index contributed by atoms with van der Waals surface area (Å²) < 4.78 is 7.28. The van der Waals surface area contributed by atoms with Crippen molar-refractivity contribution in [3.63, 3.8) is 0 Å². The van der Waals surface area contributed by atoms with Crippen molar-refractivity contribution in [2.75, 3.05) is 7.11 Å². The number of ether oxygens (including phenoxy) is 1. The van der Waals surface area contributed by atoms with Gasteiger partial charge in [-0.05, 0) is 30.9 Å². The summed E-state index contributed by atoms with van der Waals surface area (Å²) in [6.07, 6.45) is 4.77. The molecule has 0 amide bonds. The van der Waals surface area contributed by atoms with Gasteiger partial charge in [0.25, 0.3) is 0 Å². The molecule has 0 atom stereocenters. The maximum Gasteiger partial charge on any atom is 0.337 e. The maximum atomic E-state index is 11.7. The summed E-state index contributed by atoms with van der Waals surface area (Å²) in [5.41, 5.74) is 11.6. The number of nitrogens with zero attached hydrogens (tertiary/aromatic N) is 2. The number of rotatable bonds is 5. The Morgan fingerprint density at radius 1 is 1.10 bits per heavy atom. The van der Waals surface area contributed by atoms with Gasteiger partial charge in [-0.2, -0.15) is 0 Å². The van der Waals surface area contributed by atoms with Gasteiger partial charge in [0.1, 0.15) is 0 Å². The Kier molecular flexibility index (Phi) is 4.52. The average molecular weight is 413 g/mol. The van der Waals surface area contributed by atoms with Gasteiger partial charge in [-0.1, -0.05) is 54.6 Å². The second-order valence-electron chi connectivity index (χ2n) is 8.06. The highest BCUT2D eigenvalue weighted by molar-refractivity contribution is 5.90. The van der Waals surface area contributed by atoms with Gasteiger partial charge in [0.05, 0.1) is 24.1 Å². The molecule has 1 saturated carbocycles. The van der Waals surface area contributed by atoms with E-state index in [1.807, 2.05) is 42.5 Å². The first-order chi connectivity index (χ1) is 15.0. The van der Waals surface area contributed by atoms with Crippen LogP contribution in [0.5, 0.6) is 5.75 Å². The minimum atomic E-state index is -1.02. The Bertz CT molecular complexity index is 1270. The number of carbonyl (C=O) groups is 1. The van der Waals surface area contributed by atoms with Gasteiger partial charge in [0, 0.05) is 22.9 Å². The van der Waals surface area contributed by atoms with Crippen LogP contribution in [-0.2, 0) is 5.54 Å². The summed E-state index contributed by atoms with van der Waals surface area (Å²) in [6, 6.07) is 19.6. The Hall–Kier alpha value is -3.64. The summed E-state index contributed by atoms with van der Waals surface area (Å²) in [4.78, 5) is 16.6. The lowest BCUT2D eigenvalue weighted by atomic mass is 9.72. The van der Waals surface area contributed by atoms with E-state index in [1.54, 1.807) is 10.6 Å². The fourth-order valence-corrected chi connectivity index (χ4v) is 4.26. The van der Waals surface area contributed by atoms with Crippen molar-refractivity contribution in [3.05, 3.63) is 78.0 Å². The molecule has 0 radical (unpaired) electrons. The maximum absolute atomic E-state index is 11.7. The third-order valence-corrected chi connectivity index (χ3v) is 6.18. The van der Waals surface area contributed by atoms with E-state index in [0.717, 1.165) is 47.3 Å². The van der Waals surface area contributed by atoms with Gasteiger partial charge >= 0.3 is 5.97 Å². The second kappa shape index (κ2) is 7.25. The first kappa shape index (κ1) is 19.3. The first-order valence-electron chi connectivity index (χ1n) is 10.3. The average Bonchev–Trinajstić information content (AvgIpc) is 3.17. The number of hydrogen-bond donors (Lipinski definition) is 2.